The van der Waals surface area contributed by atoms with Gasteiger partial charge in [-0.25, -0.2) is 0 Å². The van der Waals surface area contributed by atoms with E-state index in [4.69, 9.17) is 0 Å². The molecule has 0 aliphatic carbocycles. The number of hydrogen-bond donors (Lipinski definition) is 0. The van der Waals surface area contributed by atoms with Gasteiger partial charge in [-0.15, -0.1) is 0 Å². The number of piperidine rings is 1. The highest BCUT2D eigenvalue weighted by Gasteiger charge is 2.28. The third-order valence-electron chi connectivity index (χ3n) is 6.08. The lowest BCUT2D eigenvalue weighted by atomic mass is 10.0. The molecule has 1 unspecified atom stereocenters. The van der Waals surface area contributed by atoms with Crippen molar-refractivity contribution in [2.45, 2.75) is 66.0 Å². The average molecular weight is 360 g/mol. The molecule has 0 aromatic heterocycles. The first-order valence-electron chi connectivity index (χ1n) is 10.8. The van der Waals surface area contributed by atoms with Crippen LogP contribution in [0.3, 0.4) is 0 Å². The van der Waals surface area contributed by atoms with E-state index in [1.807, 2.05) is 13.8 Å². The van der Waals surface area contributed by atoms with Gasteiger partial charge in [-0.1, -0.05) is 31.5 Å². The predicted molar refractivity (Wildman–Crippen MR) is 115 cm³/mol. The van der Waals surface area contributed by atoms with Gasteiger partial charge in [0.1, 0.15) is 0 Å². The van der Waals surface area contributed by atoms with Gasteiger partial charge in [-0.05, 0) is 78.2 Å². The van der Waals surface area contributed by atoms with Crippen LogP contribution < -0.4 is 4.90 Å². The van der Waals surface area contributed by atoms with Crippen molar-refractivity contribution in [1.29, 1.82) is 0 Å². The van der Waals surface area contributed by atoms with Crippen molar-refractivity contribution < 1.29 is 0 Å². The Balaban J connectivity index is 0.00000117. The summed E-state index contributed by atoms with van der Waals surface area (Å²) in [5.41, 5.74) is 2.75. The Morgan fingerprint density at radius 3 is 2.19 bits per heavy atom. The SMILES string of the molecule is CC.Cc1ccc(N2CCC(CN(C)C3CCN(C(C)C)CC3)C2)cc1. The summed E-state index contributed by atoms with van der Waals surface area (Å²) < 4.78 is 0. The molecule has 2 saturated heterocycles. The van der Waals surface area contributed by atoms with Crippen LogP contribution in [-0.4, -0.2) is 61.7 Å². The smallest absolute Gasteiger partial charge is 0.0366 e. The van der Waals surface area contributed by atoms with Crippen molar-refractivity contribution in [2.75, 3.05) is 44.7 Å². The summed E-state index contributed by atoms with van der Waals surface area (Å²) in [6.07, 6.45) is 4.01. The summed E-state index contributed by atoms with van der Waals surface area (Å²) in [5, 5.41) is 0. The quantitative estimate of drug-likeness (QED) is 0.757. The topological polar surface area (TPSA) is 9.72 Å². The summed E-state index contributed by atoms with van der Waals surface area (Å²) in [6, 6.07) is 10.5. The van der Waals surface area contributed by atoms with Crippen LogP contribution in [0.25, 0.3) is 0 Å². The van der Waals surface area contributed by atoms with Crippen molar-refractivity contribution in [1.82, 2.24) is 9.80 Å². The second-order valence-corrected chi connectivity index (χ2v) is 8.24. The number of rotatable bonds is 5. The maximum absolute atomic E-state index is 2.65. The third-order valence-corrected chi connectivity index (χ3v) is 6.08. The van der Waals surface area contributed by atoms with Gasteiger partial charge in [0, 0.05) is 37.4 Å². The molecule has 0 bridgehead atoms. The summed E-state index contributed by atoms with van der Waals surface area (Å²) in [5.74, 6) is 0.819. The predicted octanol–water partition coefficient (Wildman–Crippen LogP) is 4.65. The fourth-order valence-corrected chi connectivity index (χ4v) is 4.37. The molecule has 1 aromatic rings. The highest BCUT2D eigenvalue weighted by Crippen LogP contribution is 2.26. The number of aryl methyl sites for hydroxylation is 1. The molecule has 2 aliphatic heterocycles. The van der Waals surface area contributed by atoms with Crippen molar-refractivity contribution in [3.05, 3.63) is 29.8 Å². The third kappa shape index (κ3) is 5.72. The van der Waals surface area contributed by atoms with E-state index in [1.165, 1.54) is 63.2 Å². The highest BCUT2D eigenvalue weighted by atomic mass is 15.2. The van der Waals surface area contributed by atoms with E-state index in [-0.39, 0.29) is 0 Å². The maximum atomic E-state index is 2.65. The Bertz CT molecular complexity index is 503. The van der Waals surface area contributed by atoms with Crippen molar-refractivity contribution in [3.8, 4) is 0 Å². The molecule has 0 N–H and O–H groups in total. The van der Waals surface area contributed by atoms with Crippen LogP contribution in [0.15, 0.2) is 24.3 Å². The fourth-order valence-electron chi connectivity index (χ4n) is 4.37. The Hall–Kier alpha value is -1.06. The largest absolute Gasteiger partial charge is 0.371 e. The highest BCUT2D eigenvalue weighted by molar-refractivity contribution is 5.48. The van der Waals surface area contributed by atoms with Gasteiger partial charge in [0.2, 0.25) is 0 Å². The minimum Gasteiger partial charge on any atom is -0.371 e. The number of anilines is 1. The summed E-state index contributed by atoms with van der Waals surface area (Å²) >= 11 is 0. The Labute approximate surface area is 162 Å². The number of nitrogens with zero attached hydrogens (tertiary/aromatic N) is 3. The first kappa shape index (κ1) is 21.2. The molecule has 0 radical (unpaired) electrons. The van der Waals surface area contributed by atoms with Gasteiger partial charge in [-0.2, -0.15) is 0 Å². The maximum Gasteiger partial charge on any atom is 0.0366 e. The fraction of sp³-hybridized carbons (Fsp3) is 0.739. The molecule has 0 amide bonds. The Morgan fingerprint density at radius 2 is 1.62 bits per heavy atom. The first-order chi connectivity index (χ1) is 12.5. The van der Waals surface area contributed by atoms with Crippen molar-refractivity contribution in [3.63, 3.8) is 0 Å². The number of likely N-dealkylation sites (tertiary alicyclic amines) is 1. The minimum atomic E-state index is 0.703. The lowest BCUT2D eigenvalue weighted by Gasteiger charge is -2.39. The van der Waals surface area contributed by atoms with E-state index in [2.05, 4.69) is 66.8 Å². The van der Waals surface area contributed by atoms with Crippen LogP contribution >= 0.6 is 0 Å². The van der Waals surface area contributed by atoms with Crippen LogP contribution in [0.1, 0.15) is 52.5 Å². The van der Waals surface area contributed by atoms with Crippen LogP contribution in [0.2, 0.25) is 0 Å². The normalized spacial score (nSPS) is 22.0. The second kappa shape index (κ2) is 10.3. The molecule has 3 heteroatoms. The summed E-state index contributed by atoms with van der Waals surface area (Å²) in [4.78, 5) is 7.85. The zero-order chi connectivity index (χ0) is 19.1. The molecule has 2 fully saturated rings. The molecule has 0 spiro atoms. The van der Waals surface area contributed by atoms with Crippen LogP contribution in [0.5, 0.6) is 0 Å². The van der Waals surface area contributed by atoms with E-state index in [1.54, 1.807) is 0 Å². The lowest BCUT2D eigenvalue weighted by Crippen LogP contribution is -2.46. The average Bonchev–Trinajstić information content (AvgIpc) is 3.12. The molecule has 1 atom stereocenters. The molecule has 3 rings (SSSR count). The molecule has 2 heterocycles. The molecule has 0 saturated carbocycles. The van der Waals surface area contributed by atoms with E-state index in [0.717, 1.165) is 12.0 Å². The zero-order valence-corrected chi connectivity index (χ0v) is 18.0. The van der Waals surface area contributed by atoms with Gasteiger partial charge in [0.25, 0.3) is 0 Å². The lowest BCUT2D eigenvalue weighted by molar-refractivity contribution is 0.100. The standard InChI is InChI=1S/C21H35N3.C2H6/c1-17(2)23-13-10-20(11-14-23)22(4)15-19-9-12-24(16-19)21-7-5-18(3)6-8-21;1-2/h5-8,17,19-20H,9-16H2,1-4H3;1-2H3. The zero-order valence-electron chi connectivity index (χ0n) is 18.0. The van der Waals surface area contributed by atoms with Gasteiger partial charge >= 0.3 is 0 Å². The van der Waals surface area contributed by atoms with E-state index in [0.29, 0.717) is 6.04 Å². The van der Waals surface area contributed by atoms with Crippen molar-refractivity contribution in [2.24, 2.45) is 5.92 Å². The molecule has 26 heavy (non-hydrogen) atoms. The van der Waals surface area contributed by atoms with Gasteiger partial charge in [0.15, 0.2) is 0 Å². The van der Waals surface area contributed by atoms with E-state index >= 15 is 0 Å². The first-order valence-corrected chi connectivity index (χ1v) is 10.8. The van der Waals surface area contributed by atoms with Crippen LogP contribution in [0.4, 0.5) is 5.69 Å². The van der Waals surface area contributed by atoms with Crippen LogP contribution in [-0.2, 0) is 0 Å². The Morgan fingerprint density at radius 1 is 1.00 bits per heavy atom. The molecule has 148 valence electrons. The monoisotopic (exact) mass is 359 g/mol. The summed E-state index contributed by atoms with van der Waals surface area (Å²) in [6.45, 7) is 17.0. The summed E-state index contributed by atoms with van der Waals surface area (Å²) in [7, 11) is 2.35. The molecule has 3 nitrogen and oxygen atoms in total. The molecular formula is C23H41N3. The second-order valence-electron chi connectivity index (χ2n) is 8.24. The van der Waals surface area contributed by atoms with Gasteiger partial charge < -0.3 is 14.7 Å². The van der Waals surface area contributed by atoms with E-state index < -0.39 is 0 Å². The van der Waals surface area contributed by atoms with E-state index in [9.17, 15) is 0 Å². The molecule has 1 aromatic carbocycles. The van der Waals surface area contributed by atoms with Gasteiger partial charge in [-0.3, -0.25) is 0 Å². The Kier molecular flexibility index (Phi) is 8.43. The number of benzene rings is 1. The molecule has 2 aliphatic rings. The minimum absolute atomic E-state index is 0.703. The molecular weight excluding hydrogens is 318 g/mol. The van der Waals surface area contributed by atoms with Crippen molar-refractivity contribution >= 4 is 5.69 Å². The number of hydrogen-bond acceptors (Lipinski definition) is 3. The van der Waals surface area contributed by atoms with Gasteiger partial charge in [0.05, 0.1) is 0 Å². The van der Waals surface area contributed by atoms with Crippen LogP contribution in [0, 0.1) is 12.8 Å².